The zero-order valence-corrected chi connectivity index (χ0v) is 87.6. The third-order valence-corrected chi connectivity index (χ3v) is 22.9. The Morgan fingerprint density at radius 3 is 0.461 bits per heavy atom. The normalized spacial score (nSPS) is 12.6. The van der Waals surface area contributed by atoms with E-state index in [-0.39, 0.29) is 55.6 Å². The fourth-order valence-corrected chi connectivity index (χ4v) is 15.1. The molecule has 0 unspecified atom stereocenters. The van der Waals surface area contributed by atoms with Gasteiger partial charge in [-0.2, -0.15) is 7.82 Å². The van der Waals surface area contributed by atoms with Crippen molar-refractivity contribution in [1.82, 2.24) is 0 Å². The van der Waals surface area contributed by atoms with E-state index in [1.54, 1.807) is 0 Å². The minimum Gasteiger partial charge on any atom is -0.822 e. The fourth-order valence-electron chi connectivity index (χ4n) is 15.1. The van der Waals surface area contributed by atoms with Gasteiger partial charge in [0.25, 0.3) is 0 Å². The highest BCUT2D eigenvalue weighted by Crippen LogP contribution is 2.22. The van der Waals surface area contributed by atoms with Gasteiger partial charge in [-0.1, -0.05) is 427 Å². The number of carbonyl (C=O) groups excluding carboxylic acids is 6. The summed E-state index contributed by atoms with van der Waals surface area (Å²) in [5, 5.41) is 0. The van der Waals surface area contributed by atoms with E-state index in [9.17, 15) is 28.8 Å². The summed E-state index contributed by atoms with van der Waals surface area (Å²) in [4.78, 5) is 100. The Bertz CT molecular complexity index is 2310. The van der Waals surface area contributed by atoms with E-state index in [1.165, 1.54) is 347 Å². The number of carbonyl (C=O) groups is 6. The van der Waals surface area contributed by atoms with Gasteiger partial charge in [-0.25, -0.2) is 0 Å². The highest BCUT2D eigenvalue weighted by Gasteiger charge is 2.21. The van der Waals surface area contributed by atoms with Crippen LogP contribution in [0.25, 0.3) is 0 Å². The minimum atomic E-state index is -5.39. The molecule has 0 aliphatic heterocycles. The molecule has 0 saturated heterocycles. The van der Waals surface area contributed by atoms with Crippen LogP contribution in [-0.4, -0.2) is 151 Å². The maximum absolute atomic E-state index is 12.5. The van der Waals surface area contributed by atoms with E-state index in [4.69, 9.17) is 47.7 Å². The number of hydrogen-bond acceptors (Lipinski definition) is 16. The lowest BCUT2D eigenvalue weighted by Gasteiger charge is -2.36. The number of nitrogens with zero attached hydrogens (tertiary/aromatic N) is 3. The lowest BCUT2D eigenvalue weighted by Crippen LogP contribution is -2.28. The molecule has 0 rings (SSSR count). The highest BCUT2D eigenvalue weighted by atomic mass is 31.2. The van der Waals surface area contributed by atoms with Crippen molar-refractivity contribution in [3.8, 4) is 0 Å². The standard InChI is InChI=1S/3C36H70NO4.H3O4P/c3*1-6-8-10-12-14-16-18-20-22-24-26-30-35(38)40-33-34(29-28-32-37(3,4)5)41-36(39)31-27-25-23-21-19-17-15-13-11-9-7-2;1-5(2,3)4/h3*28,32,34H,6-27,29-31,33H2,1-5H3;(H3,1,2,3,4)/q3*+1;/p-3/t3*34-;/m000./s1. The van der Waals surface area contributed by atoms with Crippen LogP contribution in [0, 0.1) is 0 Å². The summed E-state index contributed by atoms with van der Waals surface area (Å²) in [5.41, 5.74) is 0. The molecule has 0 spiro atoms. The van der Waals surface area contributed by atoms with E-state index in [2.05, 4.69) is 124 Å². The van der Waals surface area contributed by atoms with Crippen LogP contribution in [0.15, 0.2) is 36.8 Å². The quantitative estimate of drug-likeness (QED) is 0.0181. The summed E-state index contributed by atoms with van der Waals surface area (Å²) >= 11 is 0. The molecule has 0 aliphatic carbocycles. The maximum Gasteiger partial charge on any atom is 0.306 e. The Balaban J connectivity index is -0.000000875. The number of ether oxygens (including phenoxy) is 6. The van der Waals surface area contributed by atoms with Gasteiger partial charge in [-0.05, 0) is 56.8 Å². The van der Waals surface area contributed by atoms with Gasteiger partial charge in [0.15, 0.2) is 0 Å². The number of quaternary nitrogens is 3. The van der Waals surface area contributed by atoms with Crippen molar-refractivity contribution in [2.75, 3.05) is 83.2 Å². The first-order chi connectivity index (χ1) is 61.3. The predicted octanol–water partition coefficient (Wildman–Crippen LogP) is 28.5. The third-order valence-electron chi connectivity index (χ3n) is 22.9. The molecule has 0 bridgehead atoms. The molecule has 3 atom stereocenters. The van der Waals surface area contributed by atoms with Crippen LogP contribution in [0.2, 0.25) is 0 Å². The molecule has 0 N–H and O–H groups in total. The topological polar surface area (TPSA) is 244 Å². The van der Waals surface area contributed by atoms with Crippen molar-refractivity contribution in [3.63, 3.8) is 0 Å². The van der Waals surface area contributed by atoms with Gasteiger partial charge in [-0.3, -0.25) is 28.8 Å². The molecule has 0 fully saturated rings. The summed E-state index contributed by atoms with van der Waals surface area (Å²) in [6, 6.07) is 0. The molecule has 0 aliphatic rings. The van der Waals surface area contributed by atoms with Crippen LogP contribution in [-0.2, 0) is 61.8 Å². The van der Waals surface area contributed by atoms with Gasteiger partial charge in [0.1, 0.15) is 38.1 Å². The lowest BCUT2D eigenvalue weighted by molar-refractivity contribution is -0.817. The average molecular weight is 1840 g/mol. The lowest BCUT2D eigenvalue weighted by atomic mass is 10.1. The van der Waals surface area contributed by atoms with Crippen molar-refractivity contribution >= 4 is 43.6 Å². The maximum atomic E-state index is 12.5. The second kappa shape index (κ2) is 97.6. The number of phosphoric acid groups is 1. The summed E-state index contributed by atoms with van der Waals surface area (Å²) < 4.78 is 44.5. The van der Waals surface area contributed by atoms with Gasteiger partial charge in [0.05, 0.1) is 82.0 Å². The van der Waals surface area contributed by atoms with E-state index < -0.39 is 26.1 Å². The van der Waals surface area contributed by atoms with E-state index in [1.807, 2.05) is 18.2 Å². The Labute approximate surface area is 790 Å². The molecule has 128 heavy (non-hydrogen) atoms. The average Bonchev–Trinajstić information content (AvgIpc) is 0.944. The molecule has 758 valence electrons. The Kier molecular flexibility index (Phi) is 99.3. The summed E-state index contributed by atoms with van der Waals surface area (Å²) in [6.45, 7) is 14.0. The number of unbranched alkanes of at least 4 members (excludes halogenated alkanes) is 60. The van der Waals surface area contributed by atoms with Gasteiger partial charge >= 0.3 is 35.8 Å². The zero-order valence-electron chi connectivity index (χ0n) is 86.7. The molecule has 0 heterocycles. The molecule has 0 amide bonds. The van der Waals surface area contributed by atoms with E-state index >= 15 is 0 Å². The van der Waals surface area contributed by atoms with Gasteiger partial charge in [0, 0.05) is 57.8 Å². The third kappa shape index (κ3) is 120. The fraction of sp³-hybridized carbons (Fsp3) is 0.889. The molecule has 0 radical (unpaired) electrons. The summed E-state index contributed by atoms with van der Waals surface area (Å²) in [5.74, 6) is -1.06. The highest BCUT2D eigenvalue weighted by molar-refractivity contribution is 7.40. The van der Waals surface area contributed by atoms with E-state index in [0.29, 0.717) is 71.2 Å². The Morgan fingerprint density at radius 2 is 0.336 bits per heavy atom. The molecule has 0 aromatic rings. The summed E-state index contributed by atoms with van der Waals surface area (Å²) in [7, 11) is 13.3. The molecule has 0 aromatic heterocycles. The first-order valence-electron chi connectivity index (χ1n) is 53.6. The van der Waals surface area contributed by atoms with Crippen molar-refractivity contribution in [2.45, 2.75) is 541 Å². The Morgan fingerprint density at radius 1 is 0.219 bits per heavy atom. The number of hydrogen-bond donors (Lipinski definition) is 0. The first kappa shape index (κ1) is 130. The minimum absolute atomic E-state index is 0.141. The van der Waals surface area contributed by atoms with Crippen LogP contribution in [0.1, 0.15) is 523 Å². The number of rotatable bonds is 90. The second-order valence-electron chi connectivity index (χ2n) is 39.8. The SMILES string of the molecule is CCCCCCCCCCCCCC(=O)OC[C@H](CC=C[N+](C)(C)C)OC(=O)CCCCCCCCCCCCC.CCCCCCCCCCCCCC(=O)OC[C@H](CC=C[N+](C)(C)C)OC(=O)CCCCCCCCCCCCC.CCCCCCCCCCCCCC(=O)OC[C@H](CC=C[N+](C)(C)C)OC(=O)CCCCCCCCCCCCC.O=P([O-])([O-])[O-]. The van der Waals surface area contributed by atoms with Crippen LogP contribution < -0.4 is 14.7 Å². The largest absolute Gasteiger partial charge is 0.822 e. The van der Waals surface area contributed by atoms with Crippen LogP contribution in [0.5, 0.6) is 0 Å². The van der Waals surface area contributed by atoms with Crippen molar-refractivity contribution in [1.29, 1.82) is 0 Å². The molecule has 0 saturated carbocycles. The van der Waals surface area contributed by atoms with Gasteiger partial charge < -0.3 is 61.1 Å². The van der Waals surface area contributed by atoms with Crippen molar-refractivity contribution in [3.05, 3.63) is 36.8 Å². The molecule has 0 aromatic carbocycles. The Hall–Kier alpha value is -3.97. The zero-order chi connectivity index (χ0) is 95.8. The van der Waals surface area contributed by atoms with Crippen molar-refractivity contribution in [2.24, 2.45) is 0 Å². The summed E-state index contributed by atoms with van der Waals surface area (Å²) in [6.07, 6.45) is 98.4. The van der Waals surface area contributed by atoms with Gasteiger partial charge in [0.2, 0.25) is 0 Å². The second-order valence-corrected chi connectivity index (χ2v) is 40.6. The predicted molar refractivity (Wildman–Crippen MR) is 532 cm³/mol. The van der Waals surface area contributed by atoms with Crippen LogP contribution >= 0.6 is 7.82 Å². The first-order valence-corrected chi connectivity index (χ1v) is 55.1. The van der Waals surface area contributed by atoms with Gasteiger partial charge in [-0.15, -0.1) is 0 Å². The van der Waals surface area contributed by atoms with Crippen LogP contribution in [0.3, 0.4) is 0 Å². The molecule has 19 nitrogen and oxygen atoms in total. The van der Waals surface area contributed by atoms with Crippen molar-refractivity contribution < 1.29 is 89.9 Å². The monoisotopic (exact) mass is 1840 g/mol. The molecular weight excluding hydrogens is 1630 g/mol. The number of esters is 6. The van der Waals surface area contributed by atoms with Crippen LogP contribution in [0.4, 0.5) is 0 Å². The smallest absolute Gasteiger partial charge is 0.306 e. The molecular formula is C108H210N3O16P. The molecule has 20 heteroatoms. The van der Waals surface area contributed by atoms with E-state index in [0.717, 1.165) is 77.0 Å².